The van der Waals surface area contributed by atoms with Crippen molar-refractivity contribution < 1.29 is 4.74 Å². The first-order chi connectivity index (χ1) is 7.72. The molecule has 1 unspecified atom stereocenters. The van der Waals surface area contributed by atoms with Gasteiger partial charge in [-0.3, -0.25) is 4.98 Å². The molecule has 16 heavy (non-hydrogen) atoms. The van der Waals surface area contributed by atoms with Gasteiger partial charge >= 0.3 is 0 Å². The summed E-state index contributed by atoms with van der Waals surface area (Å²) in [6, 6.07) is 9.19. The second kappa shape index (κ2) is 4.07. The van der Waals surface area contributed by atoms with Crippen LogP contribution in [-0.2, 0) is 0 Å². The highest BCUT2D eigenvalue weighted by Crippen LogP contribution is 2.28. The molecule has 1 heterocycles. The number of hydrogen-bond donors (Lipinski definition) is 1. The smallest absolute Gasteiger partial charge is 0.181 e. The molecule has 0 saturated heterocycles. The molecule has 1 aromatic heterocycles. The Hall–Kier alpha value is -2.28. The number of aromatic nitrogens is 1. The molecule has 0 aliphatic rings. The molecule has 0 aliphatic carbocycles. The Bertz CT molecular complexity index is 560. The van der Waals surface area contributed by atoms with Gasteiger partial charge in [-0.2, -0.15) is 5.26 Å². The van der Waals surface area contributed by atoms with E-state index in [2.05, 4.69) is 4.98 Å². The van der Waals surface area contributed by atoms with Crippen molar-refractivity contribution in [1.29, 1.82) is 5.26 Å². The molecule has 2 rings (SSSR count). The number of rotatable bonds is 2. The summed E-state index contributed by atoms with van der Waals surface area (Å²) in [6.07, 6.45) is 1.18. The number of nitrogens with two attached hydrogens (primary N) is 1. The first-order valence-corrected chi connectivity index (χ1v) is 4.92. The molecule has 0 radical (unpaired) electrons. The Morgan fingerprint density at radius 3 is 3.00 bits per heavy atom. The summed E-state index contributed by atoms with van der Waals surface area (Å²) < 4.78 is 5.48. The van der Waals surface area contributed by atoms with E-state index in [-0.39, 0.29) is 0 Å². The summed E-state index contributed by atoms with van der Waals surface area (Å²) in [6.45, 7) is 1.69. The van der Waals surface area contributed by atoms with Gasteiger partial charge in [-0.15, -0.1) is 0 Å². The quantitative estimate of drug-likeness (QED) is 0.775. The highest BCUT2D eigenvalue weighted by Gasteiger charge is 2.08. The maximum absolute atomic E-state index is 8.71. The van der Waals surface area contributed by atoms with E-state index in [9.17, 15) is 0 Å². The molecule has 2 N–H and O–H groups in total. The lowest BCUT2D eigenvalue weighted by Crippen LogP contribution is -2.08. The summed E-state index contributed by atoms with van der Waals surface area (Å²) in [5.41, 5.74) is 7.11. The molecule has 2 aromatic rings. The van der Waals surface area contributed by atoms with Crippen LogP contribution in [0.4, 0.5) is 5.69 Å². The van der Waals surface area contributed by atoms with E-state index in [4.69, 9.17) is 15.7 Å². The first-order valence-electron chi connectivity index (χ1n) is 4.92. The van der Waals surface area contributed by atoms with Gasteiger partial charge in [0.15, 0.2) is 6.10 Å². The number of nitrogen functional groups attached to an aromatic ring is 1. The standard InChI is InChI=1S/C12H11N3O/c1-8(7-13)16-11-5-4-10(14)12-9(11)3-2-6-15-12/h2-6,8H,14H2,1H3. The maximum atomic E-state index is 8.71. The number of ether oxygens (including phenoxy) is 1. The SMILES string of the molecule is CC(C#N)Oc1ccc(N)c2ncccc12. The van der Waals surface area contributed by atoms with E-state index in [1.807, 2.05) is 18.2 Å². The summed E-state index contributed by atoms with van der Waals surface area (Å²) in [4.78, 5) is 4.19. The van der Waals surface area contributed by atoms with Crippen LogP contribution in [0.15, 0.2) is 30.5 Å². The predicted molar refractivity (Wildman–Crippen MR) is 61.9 cm³/mol. The summed E-state index contributed by atoms with van der Waals surface area (Å²) in [5, 5.41) is 9.53. The molecule has 0 saturated carbocycles. The fraction of sp³-hybridized carbons (Fsp3) is 0.167. The van der Waals surface area contributed by atoms with Crippen LogP contribution in [0.3, 0.4) is 0 Å². The lowest BCUT2D eigenvalue weighted by molar-refractivity contribution is 0.280. The largest absolute Gasteiger partial charge is 0.475 e. The third-order valence-corrected chi connectivity index (χ3v) is 2.25. The molecular weight excluding hydrogens is 202 g/mol. The zero-order valence-electron chi connectivity index (χ0n) is 8.84. The van der Waals surface area contributed by atoms with Gasteiger partial charge in [-0.25, -0.2) is 0 Å². The van der Waals surface area contributed by atoms with Crippen LogP contribution in [0.25, 0.3) is 10.9 Å². The number of anilines is 1. The van der Waals surface area contributed by atoms with E-state index < -0.39 is 6.10 Å². The molecule has 4 heteroatoms. The van der Waals surface area contributed by atoms with Gasteiger partial charge in [-0.05, 0) is 31.2 Å². The summed E-state index contributed by atoms with van der Waals surface area (Å²) in [7, 11) is 0. The van der Waals surface area contributed by atoms with Crippen molar-refractivity contribution in [2.75, 3.05) is 5.73 Å². The van der Waals surface area contributed by atoms with Crippen LogP contribution in [0.5, 0.6) is 5.75 Å². The minimum atomic E-state index is -0.493. The minimum absolute atomic E-state index is 0.493. The van der Waals surface area contributed by atoms with Crippen LogP contribution >= 0.6 is 0 Å². The van der Waals surface area contributed by atoms with Crippen molar-refractivity contribution in [3.05, 3.63) is 30.5 Å². The third-order valence-electron chi connectivity index (χ3n) is 2.25. The average molecular weight is 213 g/mol. The molecule has 4 nitrogen and oxygen atoms in total. The second-order valence-corrected chi connectivity index (χ2v) is 3.44. The molecule has 0 spiro atoms. The Morgan fingerprint density at radius 1 is 1.44 bits per heavy atom. The van der Waals surface area contributed by atoms with Crippen molar-refractivity contribution in [1.82, 2.24) is 4.98 Å². The van der Waals surface area contributed by atoms with Gasteiger partial charge in [-0.1, -0.05) is 0 Å². The molecule has 1 atom stereocenters. The molecular formula is C12H11N3O. The predicted octanol–water partition coefficient (Wildman–Crippen LogP) is 2.11. The zero-order valence-corrected chi connectivity index (χ0v) is 8.84. The summed E-state index contributed by atoms with van der Waals surface area (Å²) in [5.74, 6) is 0.631. The average Bonchev–Trinajstić information content (AvgIpc) is 2.33. The Labute approximate surface area is 93.3 Å². The van der Waals surface area contributed by atoms with E-state index in [0.29, 0.717) is 17.0 Å². The van der Waals surface area contributed by atoms with Gasteiger partial charge in [0.25, 0.3) is 0 Å². The highest BCUT2D eigenvalue weighted by atomic mass is 16.5. The molecule has 0 amide bonds. The molecule has 0 bridgehead atoms. The Balaban J connectivity index is 2.55. The maximum Gasteiger partial charge on any atom is 0.181 e. The van der Waals surface area contributed by atoms with Crippen molar-refractivity contribution in [2.24, 2.45) is 0 Å². The van der Waals surface area contributed by atoms with Gasteiger partial charge in [0.1, 0.15) is 11.8 Å². The van der Waals surface area contributed by atoms with E-state index >= 15 is 0 Å². The first kappa shape index (κ1) is 10.2. The fourth-order valence-corrected chi connectivity index (χ4v) is 1.49. The number of nitriles is 1. The number of pyridine rings is 1. The van der Waals surface area contributed by atoms with Crippen LogP contribution in [0.1, 0.15) is 6.92 Å². The normalized spacial score (nSPS) is 12.0. The van der Waals surface area contributed by atoms with Crippen LogP contribution in [0.2, 0.25) is 0 Å². The number of hydrogen-bond acceptors (Lipinski definition) is 4. The van der Waals surface area contributed by atoms with Gasteiger partial charge < -0.3 is 10.5 Å². The molecule has 1 aromatic carbocycles. The fourth-order valence-electron chi connectivity index (χ4n) is 1.49. The Kier molecular flexibility index (Phi) is 2.61. The minimum Gasteiger partial charge on any atom is -0.475 e. The highest BCUT2D eigenvalue weighted by molar-refractivity contribution is 5.93. The van der Waals surface area contributed by atoms with Gasteiger partial charge in [0.2, 0.25) is 0 Å². The molecule has 0 aliphatic heterocycles. The number of fused-ring (bicyclic) bond motifs is 1. The van der Waals surface area contributed by atoms with Crippen molar-refractivity contribution in [2.45, 2.75) is 13.0 Å². The van der Waals surface area contributed by atoms with Crippen molar-refractivity contribution >= 4 is 16.6 Å². The lowest BCUT2D eigenvalue weighted by atomic mass is 10.1. The van der Waals surface area contributed by atoms with Crippen LogP contribution < -0.4 is 10.5 Å². The van der Waals surface area contributed by atoms with Crippen LogP contribution in [0, 0.1) is 11.3 Å². The van der Waals surface area contributed by atoms with Gasteiger partial charge in [0, 0.05) is 11.6 Å². The number of benzene rings is 1. The third kappa shape index (κ3) is 1.75. The molecule has 80 valence electrons. The number of nitrogens with zero attached hydrogens (tertiary/aromatic N) is 2. The topological polar surface area (TPSA) is 71.9 Å². The lowest BCUT2D eigenvalue weighted by Gasteiger charge is -2.11. The monoisotopic (exact) mass is 213 g/mol. The summed E-state index contributed by atoms with van der Waals surface area (Å²) >= 11 is 0. The van der Waals surface area contributed by atoms with Crippen molar-refractivity contribution in [3.63, 3.8) is 0 Å². The van der Waals surface area contributed by atoms with Crippen LogP contribution in [-0.4, -0.2) is 11.1 Å². The van der Waals surface area contributed by atoms with E-state index in [1.165, 1.54) is 0 Å². The molecule has 0 fully saturated rings. The zero-order chi connectivity index (χ0) is 11.5. The second-order valence-electron chi connectivity index (χ2n) is 3.44. The van der Waals surface area contributed by atoms with Crippen molar-refractivity contribution in [3.8, 4) is 11.8 Å². The van der Waals surface area contributed by atoms with E-state index in [0.717, 1.165) is 5.39 Å². The van der Waals surface area contributed by atoms with E-state index in [1.54, 1.807) is 25.3 Å². The Morgan fingerprint density at radius 2 is 2.25 bits per heavy atom. The van der Waals surface area contributed by atoms with Gasteiger partial charge in [0.05, 0.1) is 11.2 Å².